The molecule has 0 heterocycles. The second kappa shape index (κ2) is 7.25. The second-order valence-electron chi connectivity index (χ2n) is 6.38. The van der Waals surface area contributed by atoms with Crippen molar-refractivity contribution in [2.45, 2.75) is 47.0 Å². The Kier molecular flexibility index (Phi) is 5.94. The maximum atomic E-state index is 11.3. The smallest absolute Gasteiger partial charge is 0.280 e. The summed E-state index contributed by atoms with van der Waals surface area (Å²) in [6.07, 6.45) is 4.83. The van der Waals surface area contributed by atoms with Crippen LogP contribution < -0.4 is 4.74 Å². The molecular formula is C17H25NO3. The minimum Gasteiger partial charge on any atom is -0.497 e. The monoisotopic (exact) mass is 291 g/mol. The van der Waals surface area contributed by atoms with Gasteiger partial charge in [-0.05, 0) is 36.0 Å². The molecule has 0 saturated heterocycles. The van der Waals surface area contributed by atoms with Crippen molar-refractivity contribution in [3.8, 4) is 5.75 Å². The molecule has 1 rings (SSSR count). The lowest BCUT2D eigenvalue weighted by molar-refractivity contribution is -0.385. The van der Waals surface area contributed by atoms with E-state index in [0.717, 1.165) is 24.8 Å². The van der Waals surface area contributed by atoms with Crippen LogP contribution in [0.5, 0.6) is 5.75 Å². The highest BCUT2D eigenvalue weighted by Crippen LogP contribution is 2.34. The third kappa shape index (κ3) is 5.21. The molecule has 0 bridgehead atoms. The Morgan fingerprint density at radius 2 is 2.05 bits per heavy atom. The fraction of sp³-hybridized carbons (Fsp3) is 0.529. The van der Waals surface area contributed by atoms with Gasteiger partial charge in [-0.3, -0.25) is 10.1 Å². The molecule has 0 spiro atoms. The molecule has 0 N–H and O–H groups in total. The summed E-state index contributed by atoms with van der Waals surface area (Å²) in [4.78, 5) is 11.0. The SMILES string of the molecule is CCC/C(=C\CC(C)(C)C)c1ccc(OC)cc1[N+](=O)[O-]. The number of methoxy groups -OCH3 is 1. The van der Waals surface area contributed by atoms with E-state index in [9.17, 15) is 10.1 Å². The molecule has 0 aliphatic heterocycles. The van der Waals surface area contributed by atoms with E-state index in [0.29, 0.717) is 11.3 Å². The van der Waals surface area contributed by atoms with Crippen molar-refractivity contribution in [1.29, 1.82) is 0 Å². The highest BCUT2D eigenvalue weighted by Gasteiger charge is 2.19. The van der Waals surface area contributed by atoms with E-state index >= 15 is 0 Å². The first-order valence-electron chi connectivity index (χ1n) is 7.30. The Balaban J connectivity index is 3.27. The Morgan fingerprint density at radius 1 is 1.38 bits per heavy atom. The molecule has 0 aliphatic carbocycles. The molecule has 21 heavy (non-hydrogen) atoms. The molecule has 4 heteroatoms. The summed E-state index contributed by atoms with van der Waals surface area (Å²) in [7, 11) is 1.52. The van der Waals surface area contributed by atoms with Crippen LogP contribution in [0.1, 0.15) is 52.5 Å². The number of ether oxygens (including phenoxy) is 1. The van der Waals surface area contributed by atoms with Crippen molar-refractivity contribution in [1.82, 2.24) is 0 Å². The number of nitrogens with zero attached hydrogens (tertiary/aromatic N) is 1. The van der Waals surface area contributed by atoms with Crippen LogP contribution in [0.15, 0.2) is 24.3 Å². The highest BCUT2D eigenvalue weighted by atomic mass is 16.6. The Morgan fingerprint density at radius 3 is 2.52 bits per heavy atom. The van der Waals surface area contributed by atoms with Gasteiger partial charge in [0.05, 0.1) is 23.7 Å². The largest absolute Gasteiger partial charge is 0.497 e. The second-order valence-corrected chi connectivity index (χ2v) is 6.38. The Labute approximate surface area is 127 Å². The molecular weight excluding hydrogens is 266 g/mol. The average Bonchev–Trinajstić information content (AvgIpc) is 2.41. The number of allylic oxidation sites excluding steroid dienone is 2. The predicted octanol–water partition coefficient (Wildman–Crippen LogP) is 5.22. The molecule has 0 atom stereocenters. The molecule has 4 nitrogen and oxygen atoms in total. The molecule has 0 fully saturated rings. The molecule has 0 aliphatic rings. The third-order valence-electron chi connectivity index (χ3n) is 3.23. The van der Waals surface area contributed by atoms with E-state index in [4.69, 9.17) is 4.74 Å². The van der Waals surface area contributed by atoms with Crippen molar-refractivity contribution in [2.24, 2.45) is 5.41 Å². The first-order chi connectivity index (χ1) is 9.78. The molecule has 0 amide bonds. The van der Waals surface area contributed by atoms with Crippen LogP contribution in [0.3, 0.4) is 0 Å². The normalized spacial score (nSPS) is 12.3. The van der Waals surface area contributed by atoms with Crippen molar-refractivity contribution in [2.75, 3.05) is 7.11 Å². The lowest BCUT2D eigenvalue weighted by Gasteiger charge is -2.17. The van der Waals surface area contributed by atoms with Gasteiger partial charge in [-0.2, -0.15) is 0 Å². The van der Waals surface area contributed by atoms with E-state index in [1.807, 2.05) is 0 Å². The number of nitro groups is 1. The minimum absolute atomic E-state index is 0.114. The van der Waals surface area contributed by atoms with Gasteiger partial charge in [-0.25, -0.2) is 0 Å². The van der Waals surface area contributed by atoms with E-state index in [1.165, 1.54) is 13.2 Å². The van der Waals surface area contributed by atoms with Gasteiger partial charge in [-0.15, -0.1) is 0 Å². The summed E-state index contributed by atoms with van der Waals surface area (Å²) in [5.41, 5.74) is 2.02. The van der Waals surface area contributed by atoms with Crippen LogP contribution >= 0.6 is 0 Å². The zero-order chi connectivity index (χ0) is 16.0. The van der Waals surface area contributed by atoms with Crippen LogP contribution in [0.25, 0.3) is 5.57 Å². The molecule has 1 aromatic carbocycles. The van der Waals surface area contributed by atoms with Gasteiger partial charge in [0.25, 0.3) is 5.69 Å². The predicted molar refractivity (Wildman–Crippen MR) is 86.6 cm³/mol. The first-order valence-corrected chi connectivity index (χ1v) is 7.30. The van der Waals surface area contributed by atoms with Crippen molar-refractivity contribution >= 4 is 11.3 Å². The van der Waals surface area contributed by atoms with Crippen LogP contribution in [0, 0.1) is 15.5 Å². The lowest BCUT2D eigenvalue weighted by Crippen LogP contribution is -2.03. The zero-order valence-electron chi connectivity index (χ0n) is 13.6. The summed E-state index contributed by atoms with van der Waals surface area (Å²) < 4.78 is 5.09. The van der Waals surface area contributed by atoms with Gasteiger partial charge in [0.1, 0.15) is 5.75 Å². The van der Waals surface area contributed by atoms with Crippen LogP contribution in [0.4, 0.5) is 5.69 Å². The van der Waals surface area contributed by atoms with E-state index < -0.39 is 0 Å². The fourth-order valence-corrected chi connectivity index (χ4v) is 2.11. The summed E-state index contributed by atoms with van der Waals surface area (Å²) in [6.45, 7) is 8.57. The van der Waals surface area contributed by atoms with Gasteiger partial charge in [-0.1, -0.05) is 40.2 Å². The number of hydrogen-bond acceptors (Lipinski definition) is 3. The number of benzene rings is 1. The molecule has 0 aromatic heterocycles. The molecule has 1 aromatic rings. The van der Waals surface area contributed by atoms with Gasteiger partial charge in [0.15, 0.2) is 0 Å². The quantitative estimate of drug-likeness (QED) is 0.533. The third-order valence-corrected chi connectivity index (χ3v) is 3.23. The van der Waals surface area contributed by atoms with Gasteiger partial charge >= 0.3 is 0 Å². The van der Waals surface area contributed by atoms with E-state index in [2.05, 4.69) is 33.8 Å². The standard InChI is InChI=1S/C17H25NO3/c1-6-7-13(10-11-17(2,3)4)15-9-8-14(21-5)12-16(15)18(19)20/h8-10,12H,6-7,11H2,1-5H3/b13-10+. The van der Waals surface area contributed by atoms with Crippen LogP contribution in [0.2, 0.25) is 0 Å². The topological polar surface area (TPSA) is 52.4 Å². The zero-order valence-corrected chi connectivity index (χ0v) is 13.6. The summed E-state index contributed by atoms with van der Waals surface area (Å²) in [5.74, 6) is 0.511. The maximum Gasteiger partial charge on any atom is 0.280 e. The molecule has 0 saturated carbocycles. The minimum atomic E-state index is -0.335. The fourth-order valence-electron chi connectivity index (χ4n) is 2.11. The highest BCUT2D eigenvalue weighted by molar-refractivity contribution is 5.73. The van der Waals surface area contributed by atoms with Crippen LogP contribution in [-0.2, 0) is 0 Å². The average molecular weight is 291 g/mol. The Hall–Kier alpha value is -1.84. The maximum absolute atomic E-state index is 11.3. The Bertz CT molecular complexity index is 527. The van der Waals surface area contributed by atoms with Crippen LogP contribution in [-0.4, -0.2) is 12.0 Å². The summed E-state index contributed by atoms with van der Waals surface area (Å²) in [6, 6.07) is 5.07. The van der Waals surface area contributed by atoms with Crippen molar-refractivity contribution < 1.29 is 9.66 Å². The number of nitro benzene ring substituents is 1. The van der Waals surface area contributed by atoms with Crippen molar-refractivity contribution in [3.63, 3.8) is 0 Å². The number of rotatable bonds is 6. The number of hydrogen-bond donors (Lipinski definition) is 0. The van der Waals surface area contributed by atoms with Crippen molar-refractivity contribution in [3.05, 3.63) is 40.0 Å². The lowest BCUT2D eigenvalue weighted by atomic mass is 9.89. The first kappa shape index (κ1) is 17.2. The van der Waals surface area contributed by atoms with E-state index in [-0.39, 0.29) is 16.0 Å². The van der Waals surface area contributed by atoms with Gasteiger partial charge < -0.3 is 4.74 Å². The van der Waals surface area contributed by atoms with Gasteiger partial charge in [0, 0.05) is 0 Å². The molecule has 0 radical (unpaired) electrons. The summed E-state index contributed by atoms with van der Waals surface area (Å²) in [5, 5.41) is 11.3. The summed E-state index contributed by atoms with van der Waals surface area (Å²) >= 11 is 0. The van der Waals surface area contributed by atoms with Gasteiger partial charge in [0.2, 0.25) is 0 Å². The molecule has 0 unspecified atom stereocenters. The van der Waals surface area contributed by atoms with E-state index in [1.54, 1.807) is 12.1 Å². The molecule has 116 valence electrons.